The molecule has 1 aromatic carbocycles. The number of methoxy groups -OCH3 is 1. The maximum absolute atomic E-state index is 6.18. The minimum atomic E-state index is 0.480. The number of fused-ring (bicyclic) bond motifs is 2. The van der Waals surface area contributed by atoms with Gasteiger partial charge in [0, 0.05) is 11.3 Å². The maximum Gasteiger partial charge on any atom is 0.165 e. The molecule has 4 rings (SSSR count). The van der Waals surface area contributed by atoms with Gasteiger partial charge in [-0.2, -0.15) is 0 Å². The molecule has 3 aromatic rings. The van der Waals surface area contributed by atoms with E-state index in [1.54, 1.807) is 7.11 Å². The summed E-state index contributed by atoms with van der Waals surface area (Å²) in [5, 5.41) is 0.849. The number of pyridine rings is 1. The molecule has 0 saturated carbocycles. The molecule has 2 N–H and O–H groups in total. The van der Waals surface area contributed by atoms with Crippen LogP contribution in [0, 0.1) is 0 Å². The molecule has 0 unspecified atom stereocenters. The molecular weight excluding hydrogens is 288 g/mol. The lowest BCUT2D eigenvalue weighted by Gasteiger charge is -2.21. The van der Waals surface area contributed by atoms with Crippen molar-refractivity contribution in [3.05, 3.63) is 41.9 Å². The summed E-state index contributed by atoms with van der Waals surface area (Å²) in [6, 6.07) is 8.06. The van der Waals surface area contributed by atoms with Crippen molar-refractivity contribution in [2.24, 2.45) is 0 Å². The Kier molecular flexibility index (Phi) is 3.33. The lowest BCUT2D eigenvalue weighted by molar-refractivity contribution is 0.415. The van der Waals surface area contributed by atoms with Gasteiger partial charge in [0.2, 0.25) is 0 Å². The number of rotatable bonds is 2. The van der Waals surface area contributed by atoms with E-state index in [1.165, 1.54) is 24.7 Å². The molecule has 0 bridgehead atoms. The Morgan fingerprint density at radius 2 is 2.00 bits per heavy atom. The summed E-state index contributed by atoms with van der Waals surface area (Å²) in [5.74, 6) is 1.31. The SMILES string of the molecule is COc1cccc(-c2c3c(nc4ncnc(N)c24)CCCC3)c1. The van der Waals surface area contributed by atoms with E-state index < -0.39 is 0 Å². The first-order valence-electron chi connectivity index (χ1n) is 7.84. The number of ether oxygens (including phenoxy) is 1. The molecule has 0 radical (unpaired) electrons. The molecule has 2 heterocycles. The van der Waals surface area contributed by atoms with Gasteiger partial charge < -0.3 is 10.5 Å². The highest BCUT2D eigenvalue weighted by Gasteiger charge is 2.21. The lowest BCUT2D eigenvalue weighted by atomic mass is 9.87. The maximum atomic E-state index is 6.18. The van der Waals surface area contributed by atoms with Gasteiger partial charge in [-0.05, 0) is 48.9 Å². The Morgan fingerprint density at radius 1 is 1.13 bits per heavy atom. The third kappa shape index (κ3) is 2.29. The monoisotopic (exact) mass is 306 g/mol. The molecule has 2 aromatic heterocycles. The third-order valence-corrected chi connectivity index (χ3v) is 4.45. The summed E-state index contributed by atoms with van der Waals surface area (Å²) in [6.45, 7) is 0. The highest BCUT2D eigenvalue weighted by Crippen LogP contribution is 2.38. The van der Waals surface area contributed by atoms with Crippen LogP contribution in [0.5, 0.6) is 5.75 Å². The Balaban J connectivity index is 2.10. The van der Waals surface area contributed by atoms with Crippen molar-refractivity contribution >= 4 is 16.9 Å². The zero-order valence-corrected chi connectivity index (χ0v) is 13.0. The van der Waals surface area contributed by atoms with E-state index >= 15 is 0 Å². The fourth-order valence-electron chi connectivity index (χ4n) is 3.37. The minimum Gasteiger partial charge on any atom is -0.497 e. The van der Waals surface area contributed by atoms with Crippen molar-refractivity contribution in [1.29, 1.82) is 0 Å². The number of nitrogen functional groups attached to an aromatic ring is 1. The summed E-state index contributed by atoms with van der Waals surface area (Å²) in [6.07, 6.45) is 5.83. The first kappa shape index (κ1) is 13.9. The van der Waals surface area contributed by atoms with Crippen LogP contribution in [-0.2, 0) is 12.8 Å². The lowest BCUT2D eigenvalue weighted by Crippen LogP contribution is -2.10. The van der Waals surface area contributed by atoms with Gasteiger partial charge in [0.25, 0.3) is 0 Å². The third-order valence-electron chi connectivity index (χ3n) is 4.45. The minimum absolute atomic E-state index is 0.480. The predicted molar refractivity (Wildman–Crippen MR) is 90.4 cm³/mol. The van der Waals surface area contributed by atoms with Crippen molar-refractivity contribution in [3.8, 4) is 16.9 Å². The average Bonchev–Trinajstić information content (AvgIpc) is 2.60. The largest absolute Gasteiger partial charge is 0.497 e. The van der Waals surface area contributed by atoms with Crippen LogP contribution in [0.15, 0.2) is 30.6 Å². The van der Waals surface area contributed by atoms with Gasteiger partial charge in [-0.15, -0.1) is 0 Å². The van der Waals surface area contributed by atoms with Crippen LogP contribution in [0.4, 0.5) is 5.82 Å². The van der Waals surface area contributed by atoms with Gasteiger partial charge in [0.1, 0.15) is 17.9 Å². The van der Waals surface area contributed by atoms with E-state index in [9.17, 15) is 0 Å². The van der Waals surface area contributed by atoms with E-state index in [2.05, 4.69) is 16.0 Å². The molecule has 5 heteroatoms. The van der Waals surface area contributed by atoms with Crippen LogP contribution < -0.4 is 10.5 Å². The molecule has 116 valence electrons. The molecule has 0 saturated heterocycles. The molecule has 0 fully saturated rings. The van der Waals surface area contributed by atoms with Crippen molar-refractivity contribution < 1.29 is 4.74 Å². The molecule has 5 nitrogen and oxygen atoms in total. The standard InChI is InChI=1S/C18H18N4O/c1-23-12-6-4-5-11(9-12)15-13-7-2-3-8-14(13)22-18-16(15)17(19)20-10-21-18/h4-6,9-10H,2-3,7-8H2,1H3,(H2,19,20,21,22). The van der Waals surface area contributed by atoms with Gasteiger partial charge in [-0.1, -0.05) is 12.1 Å². The summed E-state index contributed by atoms with van der Waals surface area (Å²) in [7, 11) is 1.68. The Morgan fingerprint density at radius 3 is 2.87 bits per heavy atom. The highest BCUT2D eigenvalue weighted by molar-refractivity contribution is 6.01. The zero-order chi connectivity index (χ0) is 15.8. The average molecular weight is 306 g/mol. The number of nitrogens with zero attached hydrogens (tertiary/aromatic N) is 3. The van der Waals surface area contributed by atoms with Crippen LogP contribution >= 0.6 is 0 Å². The van der Waals surface area contributed by atoms with Crippen molar-refractivity contribution in [2.45, 2.75) is 25.7 Å². The van der Waals surface area contributed by atoms with Crippen LogP contribution in [-0.4, -0.2) is 22.1 Å². The van der Waals surface area contributed by atoms with Gasteiger partial charge in [0.15, 0.2) is 5.65 Å². The normalized spacial score (nSPS) is 13.8. The Bertz CT molecular complexity index is 892. The van der Waals surface area contributed by atoms with E-state index in [4.69, 9.17) is 15.5 Å². The van der Waals surface area contributed by atoms with E-state index in [1.807, 2.05) is 18.2 Å². The second kappa shape index (κ2) is 5.50. The number of benzene rings is 1. The molecule has 0 aliphatic heterocycles. The number of hydrogen-bond donors (Lipinski definition) is 1. The quantitative estimate of drug-likeness (QED) is 0.787. The fraction of sp³-hybridized carbons (Fsp3) is 0.278. The number of hydrogen-bond acceptors (Lipinski definition) is 5. The summed E-state index contributed by atoms with van der Waals surface area (Å²) in [5.41, 5.74) is 11.5. The fourth-order valence-corrected chi connectivity index (χ4v) is 3.37. The number of aromatic nitrogens is 3. The van der Waals surface area contributed by atoms with Crippen LogP contribution in [0.25, 0.3) is 22.2 Å². The van der Waals surface area contributed by atoms with Crippen LogP contribution in [0.1, 0.15) is 24.1 Å². The molecular formula is C18H18N4O. The number of anilines is 1. The molecule has 1 aliphatic rings. The number of nitrogens with two attached hydrogens (primary N) is 1. The second-order valence-corrected chi connectivity index (χ2v) is 5.81. The van der Waals surface area contributed by atoms with Crippen molar-refractivity contribution in [1.82, 2.24) is 15.0 Å². The zero-order valence-electron chi connectivity index (χ0n) is 13.0. The highest BCUT2D eigenvalue weighted by atomic mass is 16.5. The van der Waals surface area contributed by atoms with Gasteiger partial charge in [-0.25, -0.2) is 15.0 Å². The number of aryl methyl sites for hydroxylation is 1. The molecule has 0 spiro atoms. The Hall–Kier alpha value is -2.69. The first-order chi connectivity index (χ1) is 11.3. The van der Waals surface area contributed by atoms with E-state index in [0.717, 1.165) is 40.8 Å². The van der Waals surface area contributed by atoms with Crippen molar-refractivity contribution in [3.63, 3.8) is 0 Å². The second-order valence-electron chi connectivity index (χ2n) is 5.81. The van der Waals surface area contributed by atoms with E-state index in [0.29, 0.717) is 11.5 Å². The van der Waals surface area contributed by atoms with Gasteiger partial charge in [0.05, 0.1) is 12.5 Å². The smallest absolute Gasteiger partial charge is 0.165 e. The van der Waals surface area contributed by atoms with Crippen LogP contribution in [0.3, 0.4) is 0 Å². The molecule has 1 aliphatic carbocycles. The van der Waals surface area contributed by atoms with Gasteiger partial charge >= 0.3 is 0 Å². The van der Waals surface area contributed by atoms with Crippen molar-refractivity contribution in [2.75, 3.05) is 12.8 Å². The predicted octanol–water partition coefficient (Wildman–Crippen LogP) is 3.16. The Labute approximate surface area is 134 Å². The van der Waals surface area contributed by atoms with Crippen LogP contribution in [0.2, 0.25) is 0 Å². The molecule has 23 heavy (non-hydrogen) atoms. The van der Waals surface area contributed by atoms with Gasteiger partial charge in [-0.3, -0.25) is 0 Å². The summed E-state index contributed by atoms with van der Waals surface area (Å²) in [4.78, 5) is 13.3. The van der Waals surface area contributed by atoms with E-state index in [-0.39, 0.29) is 0 Å². The topological polar surface area (TPSA) is 73.9 Å². The summed E-state index contributed by atoms with van der Waals surface area (Å²) < 4.78 is 5.38. The summed E-state index contributed by atoms with van der Waals surface area (Å²) >= 11 is 0. The first-order valence-corrected chi connectivity index (χ1v) is 7.84. The molecule has 0 atom stereocenters. The molecule has 0 amide bonds.